The zero-order valence-electron chi connectivity index (χ0n) is 17.9. The van der Waals surface area contributed by atoms with E-state index >= 15 is 0 Å². The second-order valence-corrected chi connectivity index (χ2v) is 8.47. The monoisotopic (exact) mass is 416 g/mol. The second-order valence-electron chi connectivity index (χ2n) is 8.47. The van der Waals surface area contributed by atoms with Crippen LogP contribution in [0.5, 0.6) is 0 Å². The average Bonchev–Trinajstić information content (AvgIpc) is 3.31. The van der Waals surface area contributed by atoms with E-state index in [-0.39, 0.29) is 11.9 Å². The Bertz CT molecular complexity index is 1050. The van der Waals surface area contributed by atoms with Crippen LogP contribution in [-0.2, 0) is 12.8 Å². The van der Waals surface area contributed by atoms with E-state index in [0.29, 0.717) is 5.69 Å². The molecule has 0 spiro atoms. The summed E-state index contributed by atoms with van der Waals surface area (Å²) in [5.74, 6) is -0.160. The highest BCUT2D eigenvalue weighted by Crippen LogP contribution is 2.31. The highest BCUT2D eigenvalue weighted by molar-refractivity contribution is 5.92. The zero-order valence-corrected chi connectivity index (χ0v) is 17.9. The van der Waals surface area contributed by atoms with Gasteiger partial charge in [-0.05, 0) is 55.6 Å². The fraction of sp³-hybridized carbons (Fsp3) is 0.375. The maximum Gasteiger partial charge on any atom is 0.273 e. The molecule has 1 aromatic heterocycles. The van der Waals surface area contributed by atoms with E-state index in [9.17, 15) is 4.79 Å². The van der Waals surface area contributed by atoms with Gasteiger partial charge in [0, 0.05) is 37.9 Å². The fourth-order valence-electron chi connectivity index (χ4n) is 4.55. The predicted octanol–water partition coefficient (Wildman–Crippen LogP) is 2.31. The number of carbonyl (C=O) groups is 1. The van der Waals surface area contributed by atoms with Crippen LogP contribution in [0.25, 0.3) is 5.69 Å². The molecule has 0 saturated carbocycles. The molecular weight excluding hydrogens is 388 g/mol. The molecule has 0 radical (unpaired) electrons. The van der Waals surface area contributed by atoms with Crippen molar-refractivity contribution in [2.45, 2.75) is 25.3 Å². The summed E-state index contributed by atoms with van der Waals surface area (Å²) in [6, 6.07) is 16.4. The van der Waals surface area contributed by atoms with Crippen molar-refractivity contribution in [1.29, 1.82) is 0 Å². The van der Waals surface area contributed by atoms with Gasteiger partial charge in [-0.1, -0.05) is 30.3 Å². The molecule has 0 bridgehead atoms. The van der Waals surface area contributed by atoms with Gasteiger partial charge in [-0.3, -0.25) is 4.79 Å². The number of hydrogen-bond donors (Lipinski definition) is 1. The van der Waals surface area contributed by atoms with Crippen molar-refractivity contribution >= 4 is 11.6 Å². The van der Waals surface area contributed by atoms with Gasteiger partial charge in [0.15, 0.2) is 5.69 Å². The minimum absolute atomic E-state index is 0.107. The van der Waals surface area contributed by atoms with Gasteiger partial charge < -0.3 is 15.1 Å². The molecule has 31 heavy (non-hydrogen) atoms. The van der Waals surface area contributed by atoms with Crippen LogP contribution in [0.3, 0.4) is 0 Å². The lowest BCUT2D eigenvalue weighted by Crippen LogP contribution is -2.45. The van der Waals surface area contributed by atoms with Gasteiger partial charge in [-0.25, -0.2) is 0 Å². The highest BCUT2D eigenvalue weighted by Gasteiger charge is 2.26. The number of piperazine rings is 1. The average molecular weight is 417 g/mol. The Labute approximate surface area is 182 Å². The topological polar surface area (TPSA) is 66.3 Å². The summed E-state index contributed by atoms with van der Waals surface area (Å²) in [6.07, 6.45) is 4.32. The number of hydrogen-bond acceptors (Lipinski definition) is 5. The van der Waals surface area contributed by atoms with Crippen LogP contribution in [0.2, 0.25) is 0 Å². The molecule has 3 aromatic rings. The van der Waals surface area contributed by atoms with Gasteiger partial charge in [0.1, 0.15) is 0 Å². The van der Waals surface area contributed by atoms with Crippen molar-refractivity contribution in [3.63, 3.8) is 0 Å². The minimum Gasteiger partial charge on any atom is -0.369 e. The van der Waals surface area contributed by atoms with Crippen LogP contribution in [0, 0.1) is 0 Å². The van der Waals surface area contributed by atoms with Gasteiger partial charge in [0.2, 0.25) is 0 Å². The van der Waals surface area contributed by atoms with Crippen LogP contribution >= 0.6 is 0 Å². The number of likely N-dealkylation sites (N-methyl/N-ethyl adjacent to an activating group) is 1. The largest absolute Gasteiger partial charge is 0.369 e. The summed E-state index contributed by atoms with van der Waals surface area (Å²) in [6.45, 7) is 4.26. The molecule has 160 valence electrons. The van der Waals surface area contributed by atoms with Crippen molar-refractivity contribution in [3.05, 3.63) is 71.5 Å². The molecule has 5 rings (SSSR count). The summed E-state index contributed by atoms with van der Waals surface area (Å²) >= 11 is 0. The number of nitrogens with zero attached hydrogens (tertiary/aromatic N) is 5. The lowest BCUT2D eigenvalue weighted by atomic mass is 9.86. The Morgan fingerprint density at radius 3 is 2.65 bits per heavy atom. The van der Waals surface area contributed by atoms with E-state index in [1.165, 1.54) is 27.8 Å². The Morgan fingerprint density at radius 1 is 1.03 bits per heavy atom. The first-order valence-corrected chi connectivity index (χ1v) is 11.0. The van der Waals surface area contributed by atoms with Crippen LogP contribution in [0.15, 0.2) is 54.7 Å². The number of nitrogens with one attached hydrogen (secondary N) is 1. The van der Waals surface area contributed by atoms with Gasteiger partial charge in [-0.2, -0.15) is 9.90 Å². The number of rotatable bonds is 4. The summed E-state index contributed by atoms with van der Waals surface area (Å²) in [5, 5.41) is 11.8. The molecule has 2 aromatic carbocycles. The predicted molar refractivity (Wildman–Crippen MR) is 121 cm³/mol. The second kappa shape index (κ2) is 8.51. The number of fused-ring (bicyclic) bond motifs is 1. The molecule has 1 atom stereocenters. The van der Waals surface area contributed by atoms with Gasteiger partial charge in [0.05, 0.1) is 11.9 Å². The Morgan fingerprint density at radius 2 is 1.84 bits per heavy atom. The maximum atomic E-state index is 12.8. The van der Waals surface area contributed by atoms with E-state index in [0.717, 1.165) is 51.1 Å². The first-order chi connectivity index (χ1) is 15.2. The molecule has 1 aliphatic heterocycles. The molecule has 1 aliphatic carbocycles. The van der Waals surface area contributed by atoms with Crippen LogP contribution in [0.1, 0.15) is 28.0 Å². The van der Waals surface area contributed by atoms with Crippen LogP contribution < -0.4 is 10.2 Å². The number of benzene rings is 2. The first kappa shape index (κ1) is 19.8. The molecule has 7 nitrogen and oxygen atoms in total. The lowest BCUT2D eigenvalue weighted by molar-refractivity contribution is 0.0928. The van der Waals surface area contributed by atoms with Crippen molar-refractivity contribution in [2.24, 2.45) is 0 Å². The molecule has 2 heterocycles. The van der Waals surface area contributed by atoms with Crippen molar-refractivity contribution in [1.82, 2.24) is 25.2 Å². The van der Waals surface area contributed by atoms with E-state index in [2.05, 4.69) is 50.6 Å². The number of amides is 1. The molecule has 1 fully saturated rings. The molecule has 1 saturated heterocycles. The van der Waals surface area contributed by atoms with Gasteiger partial charge in [-0.15, -0.1) is 5.10 Å². The minimum atomic E-state index is -0.160. The zero-order chi connectivity index (χ0) is 21.2. The molecule has 2 aliphatic rings. The number of anilines is 1. The summed E-state index contributed by atoms with van der Waals surface area (Å²) in [7, 11) is 2.18. The number of aromatic nitrogens is 3. The summed E-state index contributed by atoms with van der Waals surface area (Å²) in [5.41, 5.74) is 5.32. The summed E-state index contributed by atoms with van der Waals surface area (Å²) < 4.78 is 0. The highest BCUT2D eigenvalue weighted by atomic mass is 16.2. The van der Waals surface area contributed by atoms with Crippen LogP contribution in [-0.4, -0.2) is 65.1 Å². The quantitative estimate of drug-likeness (QED) is 0.707. The Hall–Kier alpha value is -3.19. The van der Waals surface area contributed by atoms with Crippen molar-refractivity contribution in [3.8, 4) is 5.69 Å². The Balaban J connectivity index is 1.29. The third-order valence-corrected chi connectivity index (χ3v) is 6.35. The third kappa shape index (κ3) is 4.18. The van der Waals surface area contributed by atoms with Crippen molar-refractivity contribution in [2.75, 3.05) is 38.1 Å². The van der Waals surface area contributed by atoms with Gasteiger partial charge >= 0.3 is 0 Å². The van der Waals surface area contributed by atoms with E-state index < -0.39 is 0 Å². The fourth-order valence-corrected chi connectivity index (χ4v) is 4.55. The third-order valence-electron chi connectivity index (χ3n) is 6.35. The first-order valence-electron chi connectivity index (χ1n) is 11.0. The van der Waals surface area contributed by atoms with E-state index in [1.807, 2.05) is 30.3 Å². The molecular formula is C24H28N6O. The maximum absolute atomic E-state index is 12.8. The Kier molecular flexibility index (Phi) is 5.42. The smallest absolute Gasteiger partial charge is 0.273 e. The normalized spacial score (nSPS) is 19.1. The number of aryl methyl sites for hydroxylation is 1. The molecule has 0 unspecified atom stereocenters. The van der Waals surface area contributed by atoms with Crippen LogP contribution in [0.4, 0.5) is 5.69 Å². The molecule has 7 heteroatoms. The van der Waals surface area contributed by atoms with Crippen molar-refractivity contribution < 1.29 is 4.79 Å². The number of carbonyl (C=O) groups excluding carboxylic acids is 1. The molecule has 1 N–H and O–H groups in total. The lowest BCUT2D eigenvalue weighted by Gasteiger charge is -2.37. The van der Waals surface area contributed by atoms with E-state index in [1.54, 1.807) is 0 Å². The SMILES string of the molecule is CN1CCN(c2cccc3c2C[C@H](NC(=O)c2cnn(-c4ccccc4)n2)CC3)CC1. The number of para-hydroxylation sites is 1. The van der Waals surface area contributed by atoms with Gasteiger partial charge in [0.25, 0.3) is 5.91 Å². The standard InChI is InChI=1S/C24H28N6O/c1-28-12-14-29(15-13-28)23-9-5-6-18-10-11-19(16-21(18)23)26-24(31)22-17-25-30(27-22)20-7-3-2-4-8-20/h2-9,17,19H,10-16H2,1H3,(H,26,31)/t19-/m1/s1. The molecule has 1 amide bonds. The van der Waals surface area contributed by atoms with E-state index in [4.69, 9.17) is 0 Å². The summed E-state index contributed by atoms with van der Waals surface area (Å²) in [4.78, 5) is 19.2.